The summed E-state index contributed by atoms with van der Waals surface area (Å²) in [6.45, 7) is 0. The van der Waals surface area contributed by atoms with Gasteiger partial charge >= 0.3 is 0 Å². The molecule has 4 nitrogen and oxygen atoms in total. The lowest BCUT2D eigenvalue weighted by atomic mass is 9.90. The summed E-state index contributed by atoms with van der Waals surface area (Å²) in [5.41, 5.74) is 1.89. The maximum absolute atomic E-state index is 4.75. The first-order valence-corrected chi connectivity index (χ1v) is 10.7. The molecule has 2 aromatic rings. The third kappa shape index (κ3) is 3.52. The van der Waals surface area contributed by atoms with Crippen LogP contribution in [0.4, 0.5) is 5.95 Å². The van der Waals surface area contributed by atoms with E-state index < -0.39 is 0 Å². The lowest BCUT2D eigenvalue weighted by molar-refractivity contribution is 0.211. The van der Waals surface area contributed by atoms with Crippen molar-refractivity contribution in [3.8, 4) is 0 Å². The quantitative estimate of drug-likeness (QED) is 0.355. The van der Waals surface area contributed by atoms with Crippen molar-refractivity contribution in [1.29, 1.82) is 0 Å². The minimum Gasteiger partial charge on any atom is -0.351 e. The van der Waals surface area contributed by atoms with Crippen molar-refractivity contribution in [2.45, 2.75) is 37.8 Å². The minimum atomic E-state index is 0.420. The fourth-order valence-corrected chi connectivity index (χ4v) is 5.52. The zero-order chi connectivity index (χ0) is 16.7. The van der Waals surface area contributed by atoms with Crippen LogP contribution in [0.5, 0.6) is 0 Å². The number of H-pyrrole nitrogens is 1. The molecule has 1 fully saturated rings. The van der Waals surface area contributed by atoms with E-state index in [4.69, 9.17) is 4.98 Å². The van der Waals surface area contributed by atoms with Crippen LogP contribution in [-0.4, -0.2) is 41.0 Å². The van der Waals surface area contributed by atoms with E-state index in [1.807, 2.05) is 0 Å². The molecule has 2 atom stereocenters. The fourth-order valence-electron chi connectivity index (χ4n) is 3.24. The SMILES string of the molecule is CN(C)C1CCCCC1Nc1nc2c(Br)c(Br)c(Br)c(Br)c2[nH]1. The normalized spacial score (nSPS) is 22.0. The summed E-state index contributed by atoms with van der Waals surface area (Å²) in [4.78, 5) is 10.5. The molecule has 1 aromatic heterocycles. The van der Waals surface area contributed by atoms with Gasteiger partial charge in [-0.3, -0.25) is 0 Å². The second-order valence-electron chi connectivity index (χ2n) is 6.13. The topological polar surface area (TPSA) is 44.0 Å². The van der Waals surface area contributed by atoms with E-state index >= 15 is 0 Å². The number of aromatic amines is 1. The number of nitrogens with one attached hydrogen (secondary N) is 2. The Kier molecular flexibility index (Phi) is 5.78. The summed E-state index contributed by atoms with van der Waals surface area (Å²) in [6.07, 6.45) is 4.98. The first-order chi connectivity index (χ1) is 10.9. The number of rotatable bonds is 3. The van der Waals surface area contributed by atoms with Crippen molar-refractivity contribution >= 4 is 80.7 Å². The second kappa shape index (κ2) is 7.32. The Morgan fingerprint density at radius 3 is 2.35 bits per heavy atom. The molecule has 1 heterocycles. The van der Waals surface area contributed by atoms with Crippen molar-refractivity contribution < 1.29 is 0 Å². The fraction of sp³-hybridized carbons (Fsp3) is 0.533. The molecule has 0 aliphatic heterocycles. The second-order valence-corrected chi connectivity index (χ2v) is 9.30. The average Bonchev–Trinajstić information content (AvgIpc) is 2.95. The number of anilines is 1. The van der Waals surface area contributed by atoms with Gasteiger partial charge in [0.15, 0.2) is 0 Å². The van der Waals surface area contributed by atoms with Gasteiger partial charge in [-0.2, -0.15) is 0 Å². The number of likely N-dealkylation sites (N-methyl/N-ethyl adjacent to an activating group) is 1. The van der Waals surface area contributed by atoms with Crippen LogP contribution in [0.15, 0.2) is 17.9 Å². The van der Waals surface area contributed by atoms with Gasteiger partial charge < -0.3 is 15.2 Å². The molecule has 2 N–H and O–H groups in total. The molecular formula is C15H18Br4N4. The summed E-state index contributed by atoms with van der Waals surface area (Å²) in [7, 11) is 4.31. The number of hydrogen-bond donors (Lipinski definition) is 2. The first kappa shape index (κ1) is 18.2. The Labute approximate surface area is 169 Å². The van der Waals surface area contributed by atoms with E-state index in [1.165, 1.54) is 25.7 Å². The third-order valence-electron chi connectivity index (χ3n) is 4.42. The van der Waals surface area contributed by atoms with Crippen molar-refractivity contribution in [2.75, 3.05) is 19.4 Å². The van der Waals surface area contributed by atoms with Crippen LogP contribution in [-0.2, 0) is 0 Å². The molecule has 8 heteroatoms. The maximum Gasteiger partial charge on any atom is 0.201 e. The largest absolute Gasteiger partial charge is 0.351 e. The molecule has 0 spiro atoms. The summed E-state index contributed by atoms with van der Waals surface area (Å²) >= 11 is 14.4. The number of fused-ring (bicyclic) bond motifs is 1. The number of halogens is 4. The maximum atomic E-state index is 4.75. The summed E-state index contributed by atoms with van der Waals surface area (Å²) in [5.74, 6) is 0.824. The van der Waals surface area contributed by atoms with Crippen molar-refractivity contribution in [3.05, 3.63) is 17.9 Å². The van der Waals surface area contributed by atoms with Gasteiger partial charge in [0.1, 0.15) is 5.52 Å². The van der Waals surface area contributed by atoms with Gasteiger partial charge in [0.25, 0.3) is 0 Å². The average molecular weight is 574 g/mol. The van der Waals surface area contributed by atoms with E-state index in [1.54, 1.807) is 0 Å². The molecule has 23 heavy (non-hydrogen) atoms. The summed E-state index contributed by atoms with van der Waals surface area (Å²) in [5, 5.41) is 3.61. The van der Waals surface area contributed by atoms with Gasteiger partial charge in [-0.1, -0.05) is 12.8 Å². The van der Waals surface area contributed by atoms with Crippen LogP contribution in [0.3, 0.4) is 0 Å². The van der Waals surface area contributed by atoms with Crippen LogP contribution in [0, 0.1) is 0 Å². The molecule has 126 valence electrons. The minimum absolute atomic E-state index is 0.420. The highest BCUT2D eigenvalue weighted by atomic mass is 79.9. The number of imidazole rings is 1. The van der Waals surface area contributed by atoms with Crippen LogP contribution < -0.4 is 5.32 Å². The molecule has 1 saturated carbocycles. The van der Waals surface area contributed by atoms with E-state index in [9.17, 15) is 0 Å². The van der Waals surface area contributed by atoms with Crippen molar-refractivity contribution in [1.82, 2.24) is 14.9 Å². The molecule has 1 aromatic carbocycles. The standard InChI is InChI=1S/C15H18Br4N4/c1-23(2)8-6-4-3-5-7(8)20-15-21-13-11(18)9(16)10(17)12(19)14(13)22-15/h7-8H,3-6H2,1-2H3,(H2,20,21,22). The highest BCUT2D eigenvalue weighted by molar-refractivity contribution is 9.15. The summed E-state index contributed by atoms with van der Waals surface area (Å²) in [6, 6.07) is 0.964. The predicted molar refractivity (Wildman–Crippen MR) is 110 cm³/mol. The smallest absolute Gasteiger partial charge is 0.201 e. The van der Waals surface area contributed by atoms with Crippen molar-refractivity contribution in [2.24, 2.45) is 0 Å². The van der Waals surface area contributed by atoms with Gasteiger partial charge in [-0.05, 0) is 90.7 Å². The monoisotopic (exact) mass is 570 g/mol. The lowest BCUT2D eigenvalue weighted by Crippen LogP contribution is -2.45. The van der Waals surface area contributed by atoms with Crippen LogP contribution in [0.25, 0.3) is 11.0 Å². The van der Waals surface area contributed by atoms with Crippen LogP contribution in [0.2, 0.25) is 0 Å². The molecule has 2 unspecified atom stereocenters. The van der Waals surface area contributed by atoms with E-state index in [2.05, 4.69) is 93.0 Å². The number of benzene rings is 1. The van der Waals surface area contributed by atoms with E-state index in [0.717, 1.165) is 34.9 Å². The molecule has 0 bridgehead atoms. The number of aromatic nitrogens is 2. The zero-order valence-corrected chi connectivity index (χ0v) is 19.2. The molecule has 0 radical (unpaired) electrons. The van der Waals surface area contributed by atoms with Gasteiger partial charge in [0, 0.05) is 21.0 Å². The Bertz CT molecular complexity index is 683. The van der Waals surface area contributed by atoms with Gasteiger partial charge in [-0.25, -0.2) is 4.98 Å². The predicted octanol–water partition coefficient (Wildman–Crippen LogP) is 5.90. The Balaban J connectivity index is 1.95. The number of nitrogens with zero attached hydrogens (tertiary/aromatic N) is 2. The molecular weight excluding hydrogens is 556 g/mol. The van der Waals surface area contributed by atoms with E-state index in [-0.39, 0.29) is 0 Å². The Morgan fingerprint density at radius 1 is 1.00 bits per heavy atom. The molecule has 1 aliphatic carbocycles. The van der Waals surface area contributed by atoms with Crippen LogP contribution >= 0.6 is 63.7 Å². The lowest BCUT2D eigenvalue weighted by Gasteiger charge is -2.36. The molecule has 3 rings (SSSR count). The zero-order valence-electron chi connectivity index (χ0n) is 12.9. The van der Waals surface area contributed by atoms with Gasteiger partial charge in [0.05, 0.1) is 14.5 Å². The van der Waals surface area contributed by atoms with Crippen LogP contribution in [0.1, 0.15) is 25.7 Å². The van der Waals surface area contributed by atoms with Crippen molar-refractivity contribution in [3.63, 3.8) is 0 Å². The van der Waals surface area contributed by atoms with E-state index in [0.29, 0.717) is 12.1 Å². The highest BCUT2D eigenvalue weighted by Crippen LogP contribution is 2.43. The number of hydrogen-bond acceptors (Lipinski definition) is 3. The highest BCUT2D eigenvalue weighted by Gasteiger charge is 2.27. The molecule has 0 amide bonds. The first-order valence-electron chi connectivity index (χ1n) is 7.54. The van der Waals surface area contributed by atoms with Gasteiger partial charge in [0.2, 0.25) is 5.95 Å². The summed E-state index contributed by atoms with van der Waals surface area (Å²) < 4.78 is 3.84. The molecule has 1 aliphatic rings. The Hall–Kier alpha value is 0.370. The third-order valence-corrected chi connectivity index (χ3v) is 9.17. The Morgan fingerprint density at radius 2 is 1.65 bits per heavy atom. The van der Waals surface area contributed by atoms with Gasteiger partial charge in [-0.15, -0.1) is 0 Å². The molecule has 0 saturated heterocycles.